The Kier molecular flexibility index (Phi) is 4.88. The minimum Gasteiger partial charge on any atom is -0.351 e. The zero-order valence-electron chi connectivity index (χ0n) is 10.8. The average Bonchev–Trinajstić information content (AvgIpc) is 2.88. The largest absolute Gasteiger partial charge is 0.351 e. The minimum atomic E-state index is -0.266. The number of piperidine rings is 1. The van der Waals surface area contributed by atoms with Crippen LogP contribution < -0.4 is 10.6 Å². The van der Waals surface area contributed by atoms with E-state index in [0.717, 1.165) is 31.7 Å². The van der Waals surface area contributed by atoms with Crippen LogP contribution >= 0.6 is 11.8 Å². The van der Waals surface area contributed by atoms with Gasteiger partial charge in [-0.15, -0.1) is 11.8 Å². The van der Waals surface area contributed by atoms with Crippen LogP contribution in [-0.4, -0.2) is 53.5 Å². The van der Waals surface area contributed by atoms with Crippen LogP contribution in [-0.2, 0) is 9.59 Å². The molecule has 0 radical (unpaired) electrons. The van der Waals surface area contributed by atoms with Crippen molar-refractivity contribution in [2.45, 2.75) is 38.3 Å². The van der Waals surface area contributed by atoms with E-state index in [1.807, 2.05) is 6.92 Å². The molecule has 0 saturated carbocycles. The molecule has 0 aromatic rings. The number of amides is 2. The molecule has 2 aliphatic rings. The fourth-order valence-corrected chi connectivity index (χ4v) is 3.55. The maximum absolute atomic E-state index is 12.2. The van der Waals surface area contributed by atoms with Gasteiger partial charge in [-0.3, -0.25) is 9.59 Å². The van der Waals surface area contributed by atoms with E-state index in [1.54, 1.807) is 16.7 Å². The summed E-state index contributed by atoms with van der Waals surface area (Å²) in [5.74, 6) is 1.47. The van der Waals surface area contributed by atoms with Crippen LogP contribution in [0, 0.1) is 0 Å². The SMILES string of the molecule is CCC(=O)N1CSCC1C(=O)NC1CCNCC1. The highest BCUT2D eigenvalue weighted by atomic mass is 32.2. The second-order valence-corrected chi connectivity index (χ2v) is 5.77. The lowest BCUT2D eigenvalue weighted by Gasteiger charge is -2.28. The summed E-state index contributed by atoms with van der Waals surface area (Å²) in [6.07, 6.45) is 2.43. The van der Waals surface area contributed by atoms with Crippen molar-refractivity contribution < 1.29 is 9.59 Å². The number of rotatable bonds is 3. The maximum Gasteiger partial charge on any atom is 0.243 e. The van der Waals surface area contributed by atoms with E-state index >= 15 is 0 Å². The van der Waals surface area contributed by atoms with Crippen molar-refractivity contribution in [2.24, 2.45) is 0 Å². The molecule has 2 rings (SSSR count). The van der Waals surface area contributed by atoms with Crippen molar-refractivity contribution in [2.75, 3.05) is 24.7 Å². The van der Waals surface area contributed by atoms with Crippen molar-refractivity contribution in [3.8, 4) is 0 Å². The molecular formula is C12H21N3O2S. The molecular weight excluding hydrogens is 250 g/mol. The molecule has 2 saturated heterocycles. The molecule has 0 aromatic carbocycles. The summed E-state index contributed by atoms with van der Waals surface area (Å²) >= 11 is 1.66. The van der Waals surface area contributed by atoms with E-state index in [4.69, 9.17) is 0 Å². The Bertz CT molecular complexity index is 318. The highest BCUT2D eigenvalue weighted by molar-refractivity contribution is 7.99. The second-order valence-electron chi connectivity index (χ2n) is 4.77. The van der Waals surface area contributed by atoms with E-state index in [9.17, 15) is 9.59 Å². The molecule has 0 bridgehead atoms. The third-order valence-electron chi connectivity index (χ3n) is 3.49. The molecule has 102 valence electrons. The van der Waals surface area contributed by atoms with Crippen molar-refractivity contribution in [1.29, 1.82) is 0 Å². The summed E-state index contributed by atoms with van der Waals surface area (Å²) in [4.78, 5) is 25.7. The van der Waals surface area contributed by atoms with Crippen LogP contribution in [0.5, 0.6) is 0 Å². The fourth-order valence-electron chi connectivity index (χ4n) is 2.37. The van der Waals surface area contributed by atoms with Gasteiger partial charge in [-0.2, -0.15) is 0 Å². The standard InChI is InChI=1S/C12H21N3O2S/c1-2-11(16)15-8-18-7-10(15)12(17)14-9-3-5-13-6-4-9/h9-10,13H,2-8H2,1H3,(H,14,17). The molecule has 0 aliphatic carbocycles. The normalized spacial score (nSPS) is 25.2. The number of nitrogens with zero attached hydrogens (tertiary/aromatic N) is 1. The van der Waals surface area contributed by atoms with Crippen molar-refractivity contribution in [3.05, 3.63) is 0 Å². The number of hydrogen-bond donors (Lipinski definition) is 2. The van der Waals surface area contributed by atoms with E-state index in [-0.39, 0.29) is 23.9 Å². The molecule has 2 fully saturated rings. The van der Waals surface area contributed by atoms with Gasteiger partial charge in [0.15, 0.2) is 0 Å². The number of thioether (sulfide) groups is 1. The van der Waals surface area contributed by atoms with Crippen LogP contribution in [0.2, 0.25) is 0 Å². The molecule has 0 aromatic heterocycles. The van der Waals surface area contributed by atoms with Crippen molar-refractivity contribution >= 4 is 23.6 Å². The van der Waals surface area contributed by atoms with Crippen LogP contribution in [0.3, 0.4) is 0 Å². The van der Waals surface area contributed by atoms with E-state index in [2.05, 4.69) is 10.6 Å². The summed E-state index contributed by atoms with van der Waals surface area (Å²) in [6.45, 7) is 3.76. The van der Waals surface area contributed by atoms with Gasteiger partial charge in [-0.05, 0) is 25.9 Å². The number of carbonyl (C=O) groups excluding carboxylic acids is 2. The van der Waals surface area contributed by atoms with Gasteiger partial charge >= 0.3 is 0 Å². The zero-order valence-corrected chi connectivity index (χ0v) is 11.6. The third kappa shape index (κ3) is 3.17. The number of carbonyl (C=O) groups is 2. The molecule has 6 heteroatoms. The Hall–Kier alpha value is -0.750. The van der Waals surface area contributed by atoms with E-state index in [1.165, 1.54) is 0 Å². The quantitative estimate of drug-likeness (QED) is 0.768. The molecule has 2 heterocycles. The van der Waals surface area contributed by atoms with Gasteiger partial charge in [-0.25, -0.2) is 0 Å². The molecule has 2 N–H and O–H groups in total. The van der Waals surface area contributed by atoms with Crippen LogP contribution in [0.1, 0.15) is 26.2 Å². The van der Waals surface area contributed by atoms with Crippen LogP contribution in [0.25, 0.3) is 0 Å². The van der Waals surface area contributed by atoms with Gasteiger partial charge in [0.05, 0.1) is 5.88 Å². The predicted octanol–water partition coefficient (Wildman–Crippen LogP) is 0.166. The predicted molar refractivity (Wildman–Crippen MR) is 72.3 cm³/mol. The topological polar surface area (TPSA) is 61.4 Å². The fraction of sp³-hybridized carbons (Fsp3) is 0.833. The number of nitrogens with one attached hydrogen (secondary N) is 2. The lowest BCUT2D eigenvalue weighted by Crippen LogP contribution is -2.51. The molecule has 18 heavy (non-hydrogen) atoms. The Morgan fingerprint density at radius 3 is 2.78 bits per heavy atom. The Morgan fingerprint density at radius 1 is 1.39 bits per heavy atom. The van der Waals surface area contributed by atoms with Crippen molar-refractivity contribution in [3.63, 3.8) is 0 Å². The van der Waals surface area contributed by atoms with Gasteiger partial charge in [0.1, 0.15) is 6.04 Å². The summed E-state index contributed by atoms with van der Waals surface area (Å²) in [5.41, 5.74) is 0. The van der Waals surface area contributed by atoms with Crippen LogP contribution in [0.15, 0.2) is 0 Å². The molecule has 5 nitrogen and oxygen atoms in total. The monoisotopic (exact) mass is 271 g/mol. The van der Waals surface area contributed by atoms with E-state index < -0.39 is 0 Å². The first-order valence-electron chi connectivity index (χ1n) is 6.60. The first-order chi connectivity index (χ1) is 8.72. The second kappa shape index (κ2) is 6.43. The average molecular weight is 271 g/mol. The first-order valence-corrected chi connectivity index (χ1v) is 7.76. The molecule has 2 amide bonds. The number of hydrogen-bond acceptors (Lipinski definition) is 4. The van der Waals surface area contributed by atoms with Gasteiger partial charge in [0.2, 0.25) is 11.8 Å². The Labute approximate surface area is 112 Å². The molecule has 0 spiro atoms. The lowest BCUT2D eigenvalue weighted by atomic mass is 10.1. The Balaban J connectivity index is 1.89. The molecule has 2 aliphatic heterocycles. The highest BCUT2D eigenvalue weighted by Gasteiger charge is 2.34. The summed E-state index contributed by atoms with van der Waals surface area (Å²) in [7, 11) is 0. The van der Waals surface area contributed by atoms with Gasteiger partial charge in [0.25, 0.3) is 0 Å². The zero-order chi connectivity index (χ0) is 13.0. The Morgan fingerprint density at radius 2 is 2.11 bits per heavy atom. The smallest absolute Gasteiger partial charge is 0.243 e. The molecule has 1 unspecified atom stereocenters. The summed E-state index contributed by atoms with van der Waals surface area (Å²) < 4.78 is 0. The van der Waals surface area contributed by atoms with E-state index in [0.29, 0.717) is 12.3 Å². The van der Waals surface area contributed by atoms with Crippen LogP contribution in [0.4, 0.5) is 0 Å². The van der Waals surface area contributed by atoms with Gasteiger partial charge in [-0.1, -0.05) is 6.92 Å². The lowest BCUT2D eigenvalue weighted by molar-refractivity contribution is -0.138. The molecule has 1 atom stereocenters. The van der Waals surface area contributed by atoms with Gasteiger partial charge < -0.3 is 15.5 Å². The third-order valence-corrected chi connectivity index (χ3v) is 4.51. The summed E-state index contributed by atoms with van der Waals surface area (Å²) in [6, 6.07) is 0.000245. The maximum atomic E-state index is 12.2. The van der Waals surface area contributed by atoms with Crippen molar-refractivity contribution in [1.82, 2.24) is 15.5 Å². The van der Waals surface area contributed by atoms with Gasteiger partial charge in [0, 0.05) is 18.2 Å². The highest BCUT2D eigenvalue weighted by Crippen LogP contribution is 2.22. The summed E-state index contributed by atoms with van der Waals surface area (Å²) in [5, 5.41) is 6.36. The minimum absolute atomic E-state index is 0.0219. The first kappa shape index (κ1) is 13.7.